The van der Waals surface area contributed by atoms with E-state index in [1.165, 1.54) is 0 Å². The van der Waals surface area contributed by atoms with E-state index in [0.717, 1.165) is 0 Å². The predicted molar refractivity (Wildman–Crippen MR) is 36.6 cm³/mol. The van der Waals surface area contributed by atoms with Crippen molar-refractivity contribution < 1.29 is 14.4 Å². The first-order chi connectivity index (χ1) is 5.08. The lowest BCUT2D eigenvalue weighted by Gasteiger charge is -2.14. The number of hydrogen-bond donors (Lipinski definition) is 1. The Kier molecular flexibility index (Phi) is 1.76. The maximum Gasteiger partial charge on any atom is 0.233 e. The van der Waals surface area contributed by atoms with E-state index in [2.05, 4.69) is 5.32 Å². The number of imide groups is 1. The fraction of sp³-hybridized carbons (Fsp3) is 0.571. The second kappa shape index (κ2) is 2.45. The van der Waals surface area contributed by atoms with Crippen LogP contribution in [0.2, 0.25) is 0 Å². The zero-order chi connectivity index (χ0) is 8.48. The molecule has 1 aliphatic heterocycles. The standard InChI is InChI=1S/C7H9NO3/c1-7(2-3-9)4-5(10)8-6(7)11/h3H,2,4H2,1H3,(H,8,10,11)/t7-/m0/s1. The Labute approximate surface area is 64.0 Å². The number of aldehydes is 1. The van der Waals surface area contributed by atoms with Gasteiger partial charge in [0.05, 0.1) is 5.41 Å². The van der Waals surface area contributed by atoms with E-state index >= 15 is 0 Å². The summed E-state index contributed by atoms with van der Waals surface area (Å²) >= 11 is 0. The second-order valence-electron chi connectivity index (χ2n) is 2.99. The molecular weight excluding hydrogens is 146 g/mol. The van der Waals surface area contributed by atoms with Gasteiger partial charge < -0.3 is 4.79 Å². The Morgan fingerprint density at radius 1 is 1.64 bits per heavy atom. The highest BCUT2D eigenvalue weighted by Crippen LogP contribution is 2.29. The largest absolute Gasteiger partial charge is 0.303 e. The van der Waals surface area contributed by atoms with E-state index in [9.17, 15) is 14.4 Å². The van der Waals surface area contributed by atoms with Crippen molar-refractivity contribution >= 4 is 18.1 Å². The van der Waals surface area contributed by atoms with Crippen LogP contribution in [0, 0.1) is 5.41 Å². The molecule has 0 radical (unpaired) electrons. The van der Waals surface area contributed by atoms with Crippen LogP contribution in [0.5, 0.6) is 0 Å². The molecule has 1 atom stereocenters. The van der Waals surface area contributed by atoms with E-state index in [1.54, 1.807) is 6.92 Å². The summed E-state index contributed by atoms with van der Waals surface area (Å²) in [6.45, 7) is 1.61. The van der Waals surface area contributed by atoms with E-state index in [0.29, 0.717) is 6.29 Å². The Bertz CT molecular complexity index is 224. The second-order valence-corrected chi connectivity index (χ2v) is 2.99. The van der Waals surface area contributed by atoms with Gasteiger partial charge in [-0.3, -0.25) is 14.9 Å². The average Bonchev–Trinajstić information content (AvgIpc) is 2.08. The topological polar surface area (TPSA) is 63.2 Å². The van der Waals surface area contributed by atoms with Gasteiger partial charge in [-0.15, -0.1) is 0 Å². The fourth-order valence-corrected chi connectivity index (χ4v) is 1.11. The molecule has 1 heterocycles. The van der Waals surface area contributed by atoms with Crippen molar-refractivity contribution in [1.82, 2.24) is 5.32 Å². The van der Waals surface area contributed by atoms with Crippen molar-refractivity contribution in [2.75, 3.05) is 0 Å². The quantitative estimate of drug-likeness (QED) is 0.437. The number of carbonyl (C=O) groups is 3. The SMILES string of the molecule is C[C@]1(CC=O)CC(=O)NC1=O. The predicted octanol–water partition coefficient (Wildman–Crippen LogP) is -0.372. The highest BCUT2D eigenvalue weighted by molar-refractivity contribution is 6.06. The molecule has 1 rings (SSSR count). The Morgan fingerprint density at radius 2 is 2.27 bits per heavy atom. The summed E-state index contributed by atoms with van der Waals surface area (Å²) in [6, 6.07) is 0. The van der Waals surface area contributed by atoms with Crippen LogP contribution in [0.3, 0.4) is 0 Å². The lowest BCUT2D eigenvalue weighted by Crippen LogP contribution is -2.29. The van der Waals surface area contributed by atoms with Gasteiger partial charge in [0.1, 0.15) is 6.29 Å². The fourth-order valence-electron chi connectivity index (χ4n) is 1.11. The average molecular weight is 155 g/mol. The third-order valence-electron chi connectivity index (χ3n) is 1.89. The minimum Gasteiger partial charge on any atom is -0.303 e. The minimum absolute atomic E-state index is 0.116. The van der Waals surface area contributed by atoms with Crippen LogP contribution in [0.25, 0.3) is 0 Å². The van der Waals surface area contributed by atoms with Crippen LogP contribution in [-0.4, -0.2) is 18.1 Å². The van der Waals surface area contributed by atoms with Gasteiger partial charge >= 0.3 is 0 Å². The molecule has 4 heteroatoms. The molecule has 60 valence electrons. The monoisotopic (exact) mass is 155 g/mol. The van der Waals surface area contributed by atoms with E-state index in [4.69, 9.17) is 0 Å². The van der Waals surface area contributed by atoms with E-state index in [-0.39, 0.29) is 24.7 Å². The summed E-state index contributed by atoms with van der Waals surface area (Å²) in [5.74, 6) is -0.631. The normalized spacial score (nSPS) is 30.3. The van der Waals surface area contributed by atoms with Crippen molar-refractivity contribution in [3.63, 3.8) is 0 Å². The van der Waals surface area contributed by atoms with Gasteiger partial charge in [-0.25, -0.2) is 0 Å². The smallest absolute Gasteiger partial charge is 0.233 e. The summed E-state index contributed by atoms with van der Waals surface area (Å²) in [4.78, 5) is 31.8. The zero-order valence-electron chi connectivity index (χ0n) is 6.22. The van der Waals surface area contributed by atoms with Crippen molar-refractivity contribution in [2.45, 2.75) is 19.8 Å². The van der Waals surface area contributed by atoms with Crippen molar-refractivity contribution in [3.8, 4) is 0 Å². The summed E-state index contributed by atoms with van der Waals surface area (Å²) in [7, 11) is 0. The van der Waals surface area contributed by atoms with Crippen molar-refractivity contribution in [3.05, 3.63) is 0 Å². The highest BCUT2D eigenvalue weighted by atomic mass is 16.2. The van der Waals surface area contributed by atoms with Gasteiger partial charge in [0.25, 0.3) is 0 Å². The Morgan fingerprint density at radius 3 is 2.64 bits per heavy atom. The van der Waals surface area contributed by atoms with Gasteiger partial charge in [-0.2, -0.15) is 0 Å². The van der Waals surface area contributed by atoms with E-state index < -0.39 is 5.41 Å². The maximum atomic E-state index is 11.0. The third-order valence-corrected chi connectivity index (χ3v) is 1.89. The first-order valence-corrected chi connectivity index (χ1v) is 3.36. The molecule has 1 N–H and O–H groups in total. The molecule has 2 amide bonds. The lowest BCUT2D eigenvalue weighted by atomic mass is 9.86. The first-order valence-electron chi connectivity index (χ1n) is 3.36. The Hall–Kier alpha value is -1.19. The summed E-state index contributed by atoms with van der Waals surface area (Å²) in [6.07, 6.45) is 0.910. The van der Waals surface area contributed by atoms with Crippen molar-refractivity contribution in [2.24, 2.45) is 5.41 Å². The number of hydrogen-bond acceptors (Lipinski definition) is 3. The van der Waals surface area contributed by atoms with Crippen LogP contribution >= 0.6 is 0 Å². The van der Waals surface area contributed by atoms with Crippen LogP contribution in [-0.2, 0) is 14.4 Å². The molecular formula is C7H9NO3. The molecule has 0 aliphatic carbocycles. The molecule has 0 aromatic carbocycles. The van der Waals surface area contributed by atoms with Gasteiger partial charge in [0.2, 0.25) is 11.8 Å². The molecule has 0 unspecified atom stereocenters. The number of nitrogens with one attached hydrogen (secondary N) is 1. The molecule has 0 spiro atoms. The van der Waals surface area contributed by atoms with Gasteiger partial charge in [-0.05, 0) is 6.92 Å². The van der Waals surface area contributed by atoms with Crippen LogP contribution < -0.4 is 5.32 Å². The van der Waals surface area contributed by atoms with Crippen LogP contribution in [0.1, 0.15) is 19.8 Å². The number of amides is 2. The molecule has 0 aromatic heterocycles. The van der Waals surface area contributed by atoms with Gasteiger partial charge in [-0.1, -0.05) is 0 Å². The van der Waals surface area contributed by atoms with Gasteiger partial charge in [0.15, 0.2) is 0 Å². The molecule has 11 heavy (non-hydrogen) atoms. The molecule has 0 aromatic rings. The molecule has 1 aliphatic rings. The maximum absolute atomic E-state index is 11.0. The van der Waals surface area contributed by atoms with Crippen LogP contribution in [0.15, 0.2) is 0 Å². The zero-order valence-corrected chi connectivity index (χ0v) is 6.22. The summed E-state index contributed by atoms with van der Waals surface area (Å²) in [5.41, 5.74) is -0.793. The lowest BCUT2D eigenvalue weighted by molar-refractivity contribution is -0.129. The summed E-state index contributed by atoms with van der Waals surface area (Å²) in [5, 5.41) is 2.16. The first kappa shape index (κ1) is 7.91. The molecule has 0 bridgehead atoms. The molecule has 4 nitrogen and oxygen atoms in total. The van der Waals surface area contributed by atoms with Crippen molar-refractivity contribution in [1.29, 1.82) is 0 Å². The highest BCUT2D eigenvalue weighted by Gasteiger charge is 2.41. The van der Waals surface area contributed by atoms with Crippen LogP contribution in [0.4, 0.5) is 0 Å². The minimum atomic E-state index is -0.793. The molecule has 0 saturated carbocycles. The molecule has 1 saturated heterocycles. The van der Waals surface area contributed by atoms with Gasteiger partial charge in [0, 0.05) is 12.8 Å². The van der Waals surface area contributed by atoms with E-state index in [1.807, 2.05) is 0 Å². The third kappa shape index (κ3) is 1.29. The Balaban J connectivity index is 2.78. The number of rotatable bonds is 2. The number of carbonyl (C=O) groups excluding carboxylic acids is 3. The summed E-state index contributed by atoms with van der Waals surface area (Å²) < 4.78 is 0. The molecule has 1 fully saturated rings.